The highest BCUT2D eigenvalue weighted by atomic mass is 35.5. The Hall–Kier alpha value is -0.710. The summed E-state index contributed by atoms with van der Waals surface area (Å²) in [6, 6.07) is 0.298. The van der Waals surface area contributed by atoms with Gasteiger partial charge in [-0.2, -0.15) is 4.98 Å². The first kappa shape index (κ1) is 15.3. The summed E-state index contributed by atoms with van der Waals surface area (Å²) in [6.45, 7) is 6.66. The van der Waals surface area contributed by atoms with Gasteiger partial charge in [-0.05, 0) is 0 Å². The average molecular weight is 266 g/mol. The number of aromatic nitrogens is 1. The second-order valence-electron chi connectivity index (χ2n) is 3.51. The summed E-state index contributed by atoms with van der Waals surface area (Å²) in [5, 5.41) is 0. The van der Waals surface area contributed by atoms with Gasteiger partial charge in [0, 0.05) is 32.5 Å². The number of fused-ring (bicyclic) bond motifs is 1. The van der Waals surface area contributed by atoms with Crippen molar-refractivity contribution in [3.63, 3.8) is 0 Å². The van der Waals surface area contributed by atoms with Gasteiger partial charge in [0.15, 0.2) is 0 Å². The molecule has 0 saturated heterocycles. The maximum absolute atomic E-state index is 5.50. The first-order chi connectivity index (χ1) is 6.79. The van der Waals surface area contributed by atoms with E-state index in [2.05, 4.69) is 16.5 Å². The Bertz CT molecular complexity index is 315. The first-order valence-electron chi connectivity index (χ1n) is 4.87. The van der Waals surface area contributed by atoms with E-state index in [0.717, 1.165) is 43.9 Å². The van der Waals surface area contributed by atoms with E-state index in [1.54, 1.807) is 0 Å². The smallest absolute Gasteiger partial charge is 0.292 e. The van der Waals surface area contributed by atoms with Crippen molar-refractivity contribution in [2.24, 2.45) is 0 Å². The van der Waals surface area contributed by atoms with Crippen molar-refractivity contribution in [1.82, 2.24) is 9.88 Å². The van der Waals surface area contributed by atoms with Crippen LogP contribution >= 0.6 is 24.8 Å². The Balaban J connectivity index is 0.00000112. The van der Waals surface area contributed by atoms with Gasteiger partial charge < -0.3 is 10.2 Å². The number of nitrogens with zero attached hydrogens (tertiary/aromatic N) is 2. The van der Waals surface area contributed by atoms with Crippen LogP contribution in [-0.4, -0.2) is 29.5 Å². The molecule has 0 amide bonds. The van der Waals surface area contributed by atoms with Crippen LogP contribution < -0.4 is 5.73 Å². The maximum atomic E-state index is 5.50. The third kappa shape index (κ3) is 3.40. The topological polar surface area (TPSA) is 55.3 Å². The zero-order chi connectivity index (χ0) is 9.97. The molecule has 1 aliphatic heterocycles. The molecule has 2 heterocycles. The Labute approximate surface area is 108 Å². The number of hydrogen-bond acceptors (Lipinski definition) is 4. The van der Waals surface area contributed by atoms with Crippen LogP contribution in [0.25, 0.3) is 0 Å². The van der Waals surface area contributed by atoms with E-state index in [0.29, 0.717) is 6.01 Å². The Morgan fingerprint density at radius 2 is 2.06 bits per heavy atom. The number of halogens is 2. The molecular weight excluding hydrogens is 249 g/mol. The van der Waals surface area contributed by atoms with Gasteiger partial charge in [-0.1, -0.05) is 6.08 Å². The largest absolute Gasteiger partial charge is 0.429 e. The van der Waals surface area contributed by atoms with Crippen LogP contribution in [0.3, 0.4) is 0 Å². The standard InChI is InChI=1S/C10H15N3O.2ClH/c1-2-5-13-6-3-8-9(4-7-13)14-10(11)12-8;;/h2H,1,3-7H2,(H2,11,12);2*1H. The molecule has 1 aromatic rings. The van der Waals surface area contributed by atoms with Gasteiger partial charge in [-0.15, -0.1) is 31.4 Å². The van der Waals surface area contributed by atoms with Crippen molar-refractivity contribution in [2.75, 3.05) is 25.4 Å². The van der Waals surface area contributed by atoms with Crippen molar-refractivity contribution in [2.45, 2.75) is 12.8 Å². The number of rotatable bonds is 2. The molecule has 0 radical (unpaired) electrons. The summed E-state index contributed by atoms with van der Waals surface area (Å²) in [4.78, 5) is 6.50. The molecule has 0 fully saturated rings. The van der Waals surface area contributed by atoms with Gasteiger partial charge in [-0.25, -0.2) is 0 Å². The number of nitrogen functional groups attached to an aromatic ring is 1. The van der Waals surface area contributed by atoms with Crippen molar-refractivity contribution in [1.29, 1.82) is 0 Å². The molecule has 2 rings (SSSR count). The highest BCUT2D eigenvalue weighted by molar-refractivity contribution is 5.85. The van der Waals surface area contributed by atoms with Crippen molar-refractivity contribution in [3.8, 4) is 0 Å². The van der Waals surface area contributed by atoms with Crippen LogP contribution in [0.15, 0.2) is 17.1 Å². The summed E-state index contributed by atoms with van der Waals surface area (Å²) in [5.74, 6) is 0.953. The fraction of sp³-hybridized carbons (Fsp3) is 0.500. The third-order valence-corrected chi connectivity index (χ3v) is 2.50. The van der Waals surface area contributed by atoms with Crippen LogP contribution in [0.1, 0.15) is 11.5 Å². The van der Waals surface area contributed by atoms with Gasteiger partial charge in [-0.3, -0.25) is 4.90 Å². The van der Waals surface area contributed by atoms with Gasteiger partial charge in [0.25, 0.3) is 6.01 Å². The predicted molar refractivity (Wildman–Crippen MR) is 69.5 cm³/mol. The number of oxazole rings is 1. The van der Waals surface area contributed by atoms with Gasteiger partial charge in [0.2, 0.25) is 0 Å². The minimum atomic E-state index is 0. The molecule has 0 spiro atoms. The van der Waals surface area contributed by atoms with Crippen LogP contribution in [0.4, 0.5) is 6.01 Å². The molecule has 0 bridgehead atoms. The number of hydrogen-bond donors (Lipinski definition) is 1. The molecule has 92 valence electrons. The molecular formula is C10H17Cl2N3O. The molecule has 0 unspecified atom stereocenters. The summed E-state index contributed by atoms with van der Waals surface area (Å²) in [7, 11) is 0. The van der Waals surface area contributed by atoms with Gasteiger partial charge in [0.05, 0.1) is 5.69 Å². The molecule has 0 atom stereocenters. The van der Waals surface area contributed by atoms with Crippen LogP contribution in [0, 0.1) is 0 Å². The SMILES string of the molecule is C=CCN1CCc2nc(N)oc2CC1.Cl.Cl. The second kappa shape index (κ2) is 6.78. The van der Waals surface area contributed by atoms with E-state index in [1.165, 1.54) is 0 Å². The molecule has 0 saturated carbocycles. The predicted octanol–water partition coefficient (Wildman–Crippen LogP) is 1.69. The van der Waals surface area contributed by atoms with Gasteiger partial charge >= 0.3 is 0 Å². The number of nitrogens with two attached hydrogens (primary N) is 1. The molecule has 1 aliphatic rings. The molecule has 16 heavy (non-hydrogen) atoms. The van der Waals surface area contributed by atoms with Crippen molar-refractivity contribution < 1.29 is 4.42 Å². The minimum absolute atomic E-state index is 0. The molecule has 0 aliphatic carbocycles. The fourth-order valence-corrected chi connectivity index (χ4v) is 1.79. The highest BCUT2D eigenvalue weighted by Crippen LogP contribution is 2.17. The van der Waals surface area contributed by atoms with E-state index in [1.807, 2.05) is 6.08 Å². The van der Waals surface area contributed by atoms with E-state index in [4.69, 9.17) is 10.2 Å². The van der Waals surface area contributed by atoms with Crippen LogP contribution in [0.5, 0.6) is 0 Å². The second-order valence-corrected chi connectivity index (χ2v) is 3.51. The van der Waals surface area contributed by atoms with Gasteiger partial charge in [0.1, 0.15) is 5.76 Å². The maximum Gasteiger partial charge on any atom is 0.292 e. The van der Waals surface area contributed by atoms with E-state index < -0.39 is 0 Å². The number of anilines is 1. The van der Waals surface area contributed by atoms with Crippen molar-refractivity contribution >= 4 is 30.8 Å². The van der Waals surface area contributed by atoms with Crippen LogP contribution in [0.2, 0.25) is 0 Å². The third-order valence-electron chi connectivity index (χ3n) is 2.50. The molecule has 4 nitrogen and oxygen atoms in total. The normalized spacial score (nSPS) is 15.2. The quantitative estimate of drug-likeness (QED) is 0.827. The molecule has 1 aromatic heterocycles. The zero-order valence-corrected chi connectivity index (χ0v) is 10.6. The van der Waals surface area contributed by atoms with E-state index >= 15 is 0 Å². The lowest BCUT2D eigenvalue weighted by atomic mass is 10.2. The zero-order valence-electron chi connectivity index (χ0n) is 9.02. The van der Waals surface area contributed by atoms with Crippen LogP contribution in [-0.2, 0) is 12.8 Å². The molecule has 0 aromatic carbocycles. The van der Waals surface area contributed by atoms with E-state index in [9.17, 15) is 0 Å². The summed E-state index contributed by atoms with van der Waals surface area (Å²) in [6.07, 6.45) is 3.74. The lowest BCUT2D eigenvalue weighted by Gasteiger charge is -2.16. The lowest BCUT2D eigenvalue weighted by molar-refractivity contribution is 0.312. The summed E-state index contributed by atoms with van der Waals surface area (Å²) >= 11 is 0. The monoisotopic (exact) mass is 265 g/mol. The summed E-state index contributed by atoms with van der Waals surface area (Å²) < 4.78 is 5.33. The minimum Gasteiger partial charge on any atom is -0.429 e. The fourth-order valence-electron chi connectivity index (χ4n) is 1.79. The lowest BCUT2D eigenvalue weighted by Crippen LogP contribution is -2.26. The first-order valence-corrected chi connectivity index (χ1v) is 4.87. The Morgan fingerprint density at radius 3 is 2.75 bits per heavy atom. The average Bonchev–Trinajstić information content (AvgIpc) is 2.42. The molecule has 2 N–H and O–H groups in total. The molecule has 6 heteroatoms. The summed E-state index contributed by atoms with van der Waals surface area (Å²) in [5.41, 5.74) is 6.52. The Kier molecular flexibility index (Phi) is 6.48. The van der Waals surface area contributed by atoms with E-state index in [-0.39, 0.29) is 24.8 Å². The highest BCUT2D eigenvalue weighted by Gasteiger charge is 2.17. The van der Waals surface area contributed by atoms with Crippen molar-refractivity contribution in [3.05, 3.63) is 24.1 Å². The Morgan fingerprint density at radius 1 is 1.38 bits per heavy atom.